The average Bonchev–Trinajstić information content (AvgIpc) is 2.07. The summed E-state index contributed by atoms with van der Waals surface area (Å²) in [5, 5.41) is 10.6. The Labute approximate surface area is 93.8 Å². The first-order chi connectivity index (χ1) is 7.20. The van der Waals surface area contributed by atoms with Gasteiger partial charge in [-0.1, -0.05) is 0 Å². The number of hydrogen-bond donors (Lipinski definition) is 0. The molecular formula is C9H8F3NO2S. The Hall–Kier alpha value is -1.24. The van der Waals surface area contributed by atoms with Crippen molar-refractivity contribution >= 4 is 17.4 Å². The standard InChI is InChI=1S/C9H8F3NO2S/c1-5-3-6(2)8(16-9(10,11)12)4-7(5)13(14)15/h3-4H,1-2H3. The summed E-state index contributed by atoms with van der Waals surface area (Å²) in [5.41, 5.74) is -4.00. The second-order valence-electron chi connectivity index (χ2n) is 3.21. The lowest BCUT2D eigenvalue weighted by atomic mass is 10.1. The Morgan fingerprint density at radius 1 is 1.25 bits per heavy atom. The molecule has 0 saturated heterocycles. The summed E-state index contributed by atoms with van der Waals surface area (Å²) in [5.74, 6) is 0. The summed E-state index contributed by atoms with van der Waals surface area (Å²) < 4.78 is 36.4. The lowest BCUT2D eigenvalue weighted by Crippen LogP contribution is -2.01. The van der Waals surface area contributed by atoms with E-state index in [0.717, 1.165) is 6.07 Å². The average molecular weight is 251 g/mol. The normalized spacial score (nSPS) is 11.6. The maximum absolute atomic E-state index is 12.1. The van der Waals surface area contributed by atoms with Gasteiger partial charge < -0.3 is 0 Å². The van der Waals surface area contributed by atoms with Gasteiger partial charge in [-0.15, -0.1) is 0 Å². The highest BCUT2D eigenvalue weighted by atomic mass is 32.2. The Balaban J connectivity index is 3.20. The van der Waals surface area contributed by atoms with Crippen molar-refractivity contribution in [2.45, 2.75) is 24.3 Å². The SMILES string of the molecule is Cc1cc(C)c([N+](=O)[O-])cc1SC(F)(F)F. The van der Waals surface area contributed by atoms with E-state index in [1.807, 2.05) is 0 Å². The first-order valence-electron chi connectivity index (χ1n) is 4.22. The van der Waals surface area contributed by atoms with Crippen molar-refractivity contribution < 1.29 is 18.1 Å². The van der Waals surface area contributed by atoms with Crippen molar-refractivity contribution in [2.75, 3.05) is 0 Å². The molecule has 0 spiro atoms. The predicted octanol–water partition coefficient (Wildman–Crippen LogP) is 3.82. The van der Waals surface area contributed by atoms with Crippen LogP contribution >= 0.6 is 11.8 Å². The fourth-order valence-electron chi connectivity index (χ4n) is 1.25. The van der Waals surface area contributed by atoms with Crippen LogP contribution in [0.25, 0.3) is 0 Å². The quantitative estimate of drug-likeness (QED) is 0.456. The lowest BCUT2D eigenvalue weighted by molar-refractivity contribution is -0.385. The zero-order valence-corrected chi connectivity index (χ0v) is 9.28. The van der Waals surface area contributed by atoms with Gasteiger partial charge in [-0.05, 0) is 37.2 Å². The van der Waals surface area contributed by atoms with Gasteiger partial charge in [0.1, 0.15) is 0 Å². The molecule has 0 fully saturated rings. The number of aryl methyl sites for hydroxylation is 2. The number of thioether (sulfide) groups is 1. The van der Waals surface area contributed by atoms with Gasteiger partial charge in [-0.3, -0.25) is 10.1 Å². The molecular weight excluding hydrogens is 243 g/mol. The first-order valence-corrected chi connectivity index (χ1v) is 5.04. The Bertz CT molecular complexity index is 431. The van der Waals surface area contributed by atoms with Crippen molar-refractivity contribution in [2.24, 2.45) is 0 Å². The van der Waals surface area contributed by atoms with E-state index in [-0.39, 0.29) is 22.3 Å². The zero-order chi connectivity index (χ0) is 12.5. The molecule has 0 radical (unpaired) electrons. The molecule has 0 bridgehead atoms. The van der Waals surface area contributed by atoms with Gasteiger partial charge in [0, 0.05) is 16.5 Å². The van der Waals surface area contributed by atoms with E-state index < -0.39 is 10.4 Å². The molecule has 0 aliphatic rings. The van der Waals surface area contributed by atoms with Crippen molar-refractivity contribution in [3.8, 4) is 0 Å². The minimum absolute atomic E-state index is 0.134. The van der Waals surface area contributed by atoms with E-state index in [2.05, 4.69) is 0 Å². The minimum atomic E-state index is -4.44. The highest BCUT2D eigenvalue weighted by molar-refractivity contribution is 8.00. The highest BCUT2D eigenvalue weighted by Crippen LogP contribution is 2.40. The maximum atomic E-state index is 12.1. The molecule has 1 aromatic rings. The summed E-state index contributed by atoms with van der Waals surface area (Å²) in [6, 6.07) is 2.34. The molecule has 7 heteroatoms. The predicted molar refractivity (Wildman–Crippen MR) is 54.5 cm³/mol. The molecule has 0 saturated carbocycles. The summed E-state index contributed by atoms with van der Waals surface area (Å²) in [6.07, 6.45) is 0. The van der Waals surface area contributed by atoms with E-state index in [1.54, 1.807) is 0 Å². The molecule has 16 heavy (non-hydrogen) atoms. The van der Waals surface area contributed by atoms with Crippen molar-refractivity contribution in [1.29, 1.82) is 0 Å². The topological polar surface area (TPSA) is 43.1 Å². The van der Waals surface area contributed by atoms with E-state index in [0.29, 0.717) is 11.1 Å². The number of halogens is 3. The third kappa shape index (κ3) is 3.13. The van der Waals surface area contributed by atoms with Crippen LogP contribution in [0.5, 0.6) is 0 Å². The first kappa shape index (κ1) is 12.8. The van der Waals surface area contributed by atoms with Gasteiger partial charge in [0.15, 0.2) is 0 Å². The molecule has 0 aromatic heterocycles. The summed E-state index contributed by atoms with van der Waals surface area (Å²) in [6.45, 7) is 2.98. The zero-order valence-electron chi connectivity index (χ0n) is 8.46. The number of nitro benzene ring substituents is 1. The number of benzene rings is 1. The molecule has 3 nitrogen and oxygen atoms in total. The van der Waals surface area contributed by atoms with Crippen LogP contribution in [0, 0.1) is 24.0 Å². The van der Waals surface area contributed by atoms with E-state index >= 15 is 0 Å². The number of rotatable bonds is 2. The molecule has 0 N–H and O–H groups in total. The molecule has 0 aliphatic carbocycles. The second-order valence-corrected chi connectivity index (χ2v) is 4.32. The third-order valence-electron chi connectivity index (χ3n) is 1.92. The molecule has 1 aromatic carbocycles. The van der Waals surface area contributed by atoms with E-state index in [4.69, 9.17) is 0 Å². The van der Waals surface area contributed by atoms with Gasteiger partial charge in [0.25, 0.3) is 5.69 Å². The number of nitrogens with zero attached hydrogens (tertiary/aromatic N) is 1. The van der Waals surface area contributed by atoms with Crippen LogP contribution in [-0.4, -0.2) is 10.4 Å². The van der Waals surface area contributed by atoms with E-state index in [9.17, 15) is 23.3 Å². The van der Waals surface area contributed by atoms with Gasteiger partial charge in [0.05, 0.1) is 4.92 Å². The van der Waals surface area contributed by atoms with Crippen LogP contribution in [0.4, 0.5) is 18.9 Å². The van der Waals surface area contributed by atoms with Crippen LogP contribution < -0.4 is 0 Å². The summed E-state index contributed by atoms with van der Waals surface area (Å²) in [7, 11) is 0. The number of nitro groups is 1. The molecule has 0 unspecified atom stereocenters. The van der Waals surface area contributed by atoms with Crippen LogP contribution in [0.15, 0.2) is 17.0 Å². The Morgan fingerprint density at radius 2 is 1.81 bits per heavy atom. The maximum Gasteiger partial charge on any atom is 0.446 e. The number of alkyl halides is 3. The molecule has 0 aliphatic heterocycles. The number of hydrogen-bond acceptors (Lipinski definition) is 3. The fraction of sp³-hybridized carbons (Fsp3) is 0.333. The molecule has 0 heterocycles. The van der Waals surface area contributed by atoms with Crippen molar-refractivity contribution in [3.05, 3.63) is 33.4 Å². The minimum Gasteiger partial charge on any atom is -0.258 e. The fourth-order valence-corrected chi connectivity index (χ4v) is 1.89. The van der Waals surface area contributed by atoms with E-state index in [1.165, 1.54) is 19.9 Å². The van der Waals surface area contributed by atoms with Crippen LogP contribution in [0.2, 0.25) is 0 Å². The van der Waals surface area contributed by atoms with Gasteiger partial charge in [0.2, 0.25) is 0 Å². The van der Waals surface area contributed by atoms with Gasteiger partial charge in [-0.25, -0.2) is 0 Å². The molecule has 88 valence electrons. The van der Waals surface area contributed by atoms with Gasteiger partial charge >= 0.3 is 5.51 Å². The monoisotopic (exact) mass is 251 g/mol. The van der Waals surface area contributed by atoms with Crippen molar-refractivity contribution in [1.82, 2.24) is 0 Å². The summed E-state index contributed by atoms with van der Waals surface area (Å²) >= 11 is -0.337. The van der Waals surface area contributed by atoms with Crippen LogP contribution in [0.3, 0.4) is 0 Å². The van der Waals surface area contributed by atoms with Gasteiger partial charge in [-0.2, -0.15) is 13.2 Å². The third-order valence-corrected chi connectivity index (χ3v) is 2.81. The smallest absolute Gasteiger partial charge is 0.258 e. The van der Waals surface area contributed by atoms with Crippen molar-refractivity contribution in [3.63, 3.8) is 0 Å². The largest absolute Gasteiger partial charge is 0.446 e. The molecule has 0 atom stereocenters. The second kappa shape index (κ2) is 4.32. The molecule has 1 rings (SSSR count). The van der Waals surface area contributed by atoms with Crippen LogP contribution in [-0.2, 0) is 0 Å². The molecule has 0 amide bonds. The Morgan fingerprint density at radius 3 is 2.25 bits per heavy atom. The summed E-state index contributed by atoms with van der Waals surface area (Å²) in [4.78, 5) is 9.75. The highest BCUT2D eigenvalue weighted by Gasteiger charge is 2.31. The lowest BCUT2D eigenvalue weighted by Gasteiger charge is -2.09. The Kier molecular flexibility index (Phi) is 3.47. The van der Waals surface area contributed by atoms with Crippen LogP contribution in [0.1, 0.15) is 11.1 Å².